The molecule has 0 spiro atoms. The lowest BCUT2D eigenvalue weighted by atomic mass is 10.1. The second-order valence-electron chi connectivity index (χ2n) is 9.76. The lowest BCUT2D eigenvalue weighted by molar-refractivity contribution is -0.0494. The molecule has 0 bridgehead atoms. The number of amides is 1. The van der Waals surface area contributed by atoms with E-state index in [0.717, 1.165) is 38.3 Å². The molecular weight excluding hydrogens is 550 g/mol. The number of hydrogen-bond acceptors (Lipinski definition) is 10. The Labute approximate surface area is 238 Å². The molecule has 6 rings (SSSR count). The van der Waals surface area contributed by atoms with Gasteiger partial charge in [-0.3, -0.25) is 14.4 Å². The van der Waals surface area contributed by atoms with Crippen LogP contribution in [0.25, 0.3) is 16.9 Å². The molecule has 5 heterocycles. The van der Waals surface area contributed by atoms with E-state index in [1.807, 2.05) is 6.92 Å². The number of piperazine rings is 1. The number of nitrogens with zero attached hydrogens (tertiary/aromatic N) is 10. The van der Waals surface area contributed by atoms with Gasteiger partial charge >= 0.3 is 6.61 Å². The summed E-state index contributed by atoms with van der Waals surface area (Å²) in [6.07, 6.45) is 6.22. The van der Waals surface area contributed by atoms with Crippen LogP contribution >= 0.6 is 0 Å². The summed E-state index contributed by atoms with van der Waals surface area (Å²) in [7, 11) is 0. The van der Waals surface area contributed by atoms with Crippen LogP contribution in [-0.4, -0.2) is 94.7 Å². The van der Waals surface area contributed by atoms with Gasteiger partial charge in [-0.1, -0.05) is 11.6 Å². The third-order valence-electron chi connectivity index (χ3n) is 6.76. The molecule has 0 unspecified atom stereocenters. The molecule has 1 aromatic carbocycles. The second kappa shape index (κ2) is 12.0. The summed E-state index contributed by atoms with van der Waals surface area (Å²) in [6.45, 7) is 4.13. The first-order chi connectivity index (χ1) is 20.4. The zero-order valence-corrected chi connectivity index (χ0v) is 22.7. The van der Waals surface area contributed by atoms with Gasteiger partial charge in [-0.05, 0) is 30.3 Å². The number of benzene rings is 1. The fraction of sp³-hybridized carbons (Fsp3) is 0.346. The first-order valence-electron chi connectivity index (χ1n) is 13.4. The van der Waals surface area contributed by atoms with E-state index in [9.17, 15) is 13.6 Å². The number of aryl methyl sites for hydroxylation is 1. The molecule has 4 aromatic heterocycles. The first kappa shape index (κ1) is 27.3. The lowest BCUT2D eigenvalue weighted by Gasteiger charge is -2.26. The standard InChI is InChI=1S/C26H28F2N12O2/c1-17-3-4-21(42-26(27)28)18(13-17)23-20(32-25(41)19-14-31-39-8-2-5-30-24(19)39)15-38(35-23)16-22-33-36-40(34-22)12-11-37-9-6-29-7-10-37/h2-5,8,13-15,26,29H,6-7,9-12,16H2,1H3,(H,32,41). The van der Waals surface area contributed by atoms with Crippen molar-refractivity contribution in [3.63, 3.8) is 0 Å². The number of tetrazole rings is 1. The average molecular weight is 579 g/mol. The van der Waals surface area contributed by atoms with Crippen LogP contribution in [0.5, 0.6) is 5.75 Å². The van der Waals surface area contributed by atoms with Gasteiger partial charge < -0.3 is 15.4 Å². The minimum absolute atomic E-state index is 0.0778. The molecule has 1 fully saturated rings. The summed E-state index contributed by atoms with van der Waals surface area (Å²) >= 11 is 0. The third kappa shape index (κ3) is 6.08. The van der Waals surface area contributed by atoms with Gasteiger partial charge in [-0.25, -0.2) is 9.50 Å². The fourth-order valence-corrected chi connectivity index (χ4v) is 4.74. The van der Waals surface area contributed by atoms with E-state index in [4.69, 9.17) is 4.74 Å². The van der Waals surface area contributed by atoms with Crippen molar-refractivity contribution >= 4 is 17.2 Å². The van der Waals surface area contributed by atoms with E-state index in [-0.39, 0.29) is 34.8 Å². The highest BCUT2D eigenvalue weighted by atomic mass is 19.3. The number of ether oxygens (including phenoxy) is 1. The zero-order valence-electron chi connectivity index (χ0n) is 22.7. The average Bonchev–Trinajstić information content (AvgIpc) is 3.72. The molecule has 1 aliphatic heterocycles. The molecule has 1 aliphatic rings. The highest BCUT2D eigenvalue weighted by Crippen LogP contribution is 2.36. The van der Waals surface area contributed by atoms with Crippen LogP contribution in [0.4, 0.5) is 14.5 Å². The Morgan fingerprint density at radius 2 is 2.05 bits per heavy atom. The topological polar surface area (TPSA) is 145 Å². The van der Waals surface area contributed by atoms with Gasteiger partial charge in [0, 0.05) is 56.9 Å². The molecule has 5 aromatic rings. The molecule has 0 aliphatic carbocycles. The number of nitrogens with one attached hydrogen (secondary N) is 2. The Bertz CT molecular complexity index is 1690. The van der Waals surface area contributed by atoms with Gasteiger partial charge in [0.15, 0.2) is 11.5 Å². The SMILES string of the molecule is Cc1ccc(OC(F)F)c(-c2nn(Cc3nnn(CCN4CCNCC4)n3)cc2NC(=O)c2cnn3cccnc23)c1. The monoisotopic (exact) mass is 578 g/mol. The summed E-state index contributed by atoms with van der Waals surface area (Å²) in [5.74, 6) is -0.168. The molecule has 2 N–H and O–H groups in total. The number of carbonyl (C=O) groups excluding carboxylic acids is 1. The highest BCUT2D eigenvalue weighted by Gasteiger charge is 2.22. The number of halogens is 2. The van der Waals surface area contributed by atoms with Crippen LogP contribution in [0, 0.1) is 6.92 Å². The first-order valence-corrected chi connectivity index (χ1v) is 13.4. The van der Waals surface area contributed by atoms with Crippen molar-refractivity contribution in [2.24, 2.45) is 0 Å². The molecule has 0 atom stereocenters. The number of carbonyl (C=O) groups is 1. The molecule has 218 valence electrons. The maximum atomic E-state index is 13.3. The van der Waals surface area contributed by atoms with Gasteiger partial charge in [0.2, 0.25) is 0 Å². The molecule has 14 nitrogen and oxygen atoms in total. The van der Waals surface area contributed by atoms with Crippen LogP contribution in [0.1, 0.15) is 21.7 Å². The summed E-state index contributed by atoms with van der Waals surface area (Å²) in [4.78, 5) is 21.4. The van der Waals surface area contributed by atoms with Crippen molar-refractivity contribution in [3.8, 4) is 17.0 Å². The summed E-state index contributed by atoms with van der Waals surface area (Å²) in [5.41, 5.74) is 2.18. The largest absolute Gasteiger partial charge is 0.434 e. The Balaban J connectivity index is 1.28. The molecule has 0 radical (unpaired) electrons. The van der Waals surface area contributed by atoms with Crippen molar-refractivity contribution in [3.05, 3.63) is 66.0 Å². The van der Waals surface area contributed by atoms with Crippen LogP contribution in [0.3, 0.4) is 0 Å². The molecular formula is C26H28F2N12O2. The van der Waals surface area contributed by atoms with Gasteiger partial charge in [0.25, 0.3) is 5.91 Å². The Hall–Kier alpha value is -4.83. The number of anilines is 1. The predicted molar refractivity (Wildman–Crippen MR) is 146 cm³/mol. The van der Waals surface area contributed by atoms with E-state index >= 15 is 0 Å². The zero-order chi connectivity index (χ0) is 29.1. The Kier molecular flexibility index (Phi) is 7.78. The van der Waals surface area contributed by atoms with E-state index in [0.29, 0.717) is 18.0 Å². The summed E-state index contributed by atoms with van der Waals surface area (Å²) in [6, 6.07) is 6.47. The third-order valence-corrected chi connectivity index (χ3v) is 6.76. The Morgan fingerprint density at radius 1 is 1.19 bits per heavy atom. The minimum atomic E-state index is -3.04. The maximum Gasteiger partial charge on any atom is 0.387 e. The normalized spacial score (nSPS) is 14.1. The fourth-order valence-electron chi connectivity index (χ4n) is 4.74. The number of fused-ring (bicyclic) bond motifs is 1. The van der Waals surface area contributed by atoms with Crippen LogP contribution in [-0.2, 0) is 13.1 Å². The van der Waals surface area contributed by atoms with Gasteiger partial charge in [0.05, 0.1) is 18.4 Å². The van der Waals surface area contributed by atoms with Crippen LogP contribution < -0.4 is 15.4 Å². The van der Waals surface area contributed by atoms with Crippen LogP contribution in [0.15, 0.2) is 49.1 Å². The number of hydrogen-bond donors (Lipinski definition) is 2. The van der Waals surface area contributed by atoms with Crippen molar-refractivity contribution in [2.75, 3.05) is 38.0 Å². The van der Waals surface area contributed by atoms with E-state index < -0.39 is 12.5 Å². The molecule has 1 amide bonds. The number of aromatic nitrogens is 9. The minimum Gasteiger partial charge on any atom is -0.434 e. The van der Waals surface area contributed by atoms with E-state index in [2.05, 4.69) is 46.1 Å². The number of rotatable bonds is 10. The molecule has 0 saturated carbocycles. The van der Waals surface area contributed by atoms with Crippen molar-refractivity contribution in [1.29, 1.82) is 0 Å². The van der Waals surface area contributed by atoms with E-state index in [1.165, 1.54) is 26.3 Å². The highest BCUT2D eigenvalue weighted by molar-refractivity contribution is 6.09. The lowest BCUT2D eigenvalue weighted by Crippen LogP contribution is -2.44. The quantitative estimate of drug-likeness (QED) is 0.251. The maximum absolute atomic E-state index is 13.3. The van der Waals surface area contributed by atoms with Gasteiger partial charge in [-0.2, -0.15) is 23.8 Å². The summed E-state index contributed by atoms with van der Waals surface area (Å²) in [5, 5.41) is 27.7. The predicted octanol–water partition coefficient (Wildman–Crippen LogP) is 1.69. The smallest absolute Gasteiger partial charge is 0.387 e. The molecule has 16 heteroatoms. The van der Waals surface area contributed by atoms with Crippen molar-refractivity contribution in [1.82, 2.24) is 54.8 Å². The van der Waals surface area contributed by atoms with Crippen molar-refractivity contribution in [2.45, 2.75) is 26.6 Å². The van der Waals surface area contributed by atoms with Gasteiger partial charge in [0.1, 0.15) is 23.6 Å². The Morgan fingerprint density at radius 3 is 2.88 bits per heavy atom. The molecule has 1 saturated heterocycles. The number of alkyl halides is 2. The van der Waals surface area contributed by atoms with Crippen LogP contribution in [0.2, 0.25) is 0 Å². The van der Waals surface area contributed by atoms with Gasteiger partial charge in [-0.15, -0.1) is 10.2 Å². The van der Waals surface area contributed by atoms with Crippen molar-refractivity contribution < 1.29 is 18.3 Å². The van der Waals surface area contributed by atoms with E-state index in [1.54, 1.807) is 36.8 Å². The molecule has 42 heavy (non-hydrogen) atoms. The summed E-state index contributed by atoms with van der Waals surface area (Å²) < 4.78 is 34.3. The second-order valence-corrected chi connectivity index (χ2v) is 9.76.